The lowest BCUT2D eigenvalue weighted by atomic mass is 9.87. The van der Waals surface area contributed by atoms with Gasteiger partial charge in [0.1, 0.15) is 5.60 Å². The predicted molar refractivity (Wildman–Crippen MR) is 80.5 cm³/mol. The third kappa shape index (κ3) is 2.67. The molecule has 6 nitrogen and oxygen atoms in total. The molecule has 1 spiro atoms. The van der Waals surface area contributed by atoms with E-state index in [1.54, 1.807) is 4.90 Å². The van der Waals surface area contributed by atoms with Crippen LogP contribution in [-0.2, 0) is 20.7 Å². The number of ether oxygens (including phenoxy) is 1. The molecule has 2 aliphatic rings. The predicted octanol–water partition coefficient (Wildman–Crippen LogP) is 1.31. The molecule has 2 fully saturated rings. The van der Waals surface area contributed by atoms with Gasteiger partial charge >= 0.3 is 0 Å². The average Bonchev–Trinajstić information content (AvgIpc) is 3.09. The first kappa shape index (κ1) is 15.2. The lowest BCUT2D eigenvalue weighted by Crippen LogP contribution is -2.53. The lowest BCUT2D eigenvalue weighted by Gasteiger charge is -2.37. The molecule has 0 bridgehead atoms. The van der Waals surface area contributed by atoms with E-state index in [1.165, 1.54) is 0 Å². The summed E-state index contributed by atoms with van der Waals surface area (Å²) in [6.45, 7) is 5.38. The van der Waals surface area contributed by atoms with Gasteiger partial charge in [-0.05, 0) is 38.7 Å². The van der Waals surface area contributed by atoms with E-state index in [2.05, 4.69) is 10.2 Å². The summed E-state index contributed by atoms with van der Waals surface area (Å²) in [5, 5.41) is 7.08. The number of piperidine rings is 1. The van der Waals surface area contributed by atoms with E-state index in [9.17, 15) is 9.59 Å². The van der Waals surface area contributed by atoms with Crippen molar-refractivity contribution in [3.05, 3.63) is 17.0 Å². The molecule has 0 aliphatic carbocycles. The number of aromatic nitrogens is 2. The quantitative estimate of drug-likeness (QED) is 0.913. The fraction of sp³-hybridized carbons (Fsp3) is 0.688. The summed E-state index contributed by atoms with van der Waals surface area (Å²) in [5.41, 5.74) is 2.47. The van der Waals surface area contributed by atoms with Gasteiger partial charge in [0, 0.05) is 31.7 Å². The highest BCUT2D eigenvalue weighted by Crippen LogP contribution is 2.33. The van der Waals surface area contributed by atoms with Gasteiger partial charge in [0.15, 0.2) is 5.78 Å². The molecule has 0 radical (unpaired) electrons. The zero-order valence-corrected chi connectivity index (χ0v) is 13.3. The minimum Gasteiger partial charge on any atom is -0.367 e. The van der Waals surface area contributed by atoms with E-state index in [4.69, 9.17) is 4.74 Å². The minimum atomic E-state index is -0.589. The summed E-state index contributed by atoms with van der Waals surface area (Å²) in [7, 11) is 0. The average molecular weight is 305 g/mol. The lowest BCUT2D eigenvalue weighted by molar-refractivity contribution is -0.152. The number of Topliss-reactive ketones (excluding diaryl/α,β-unsaturated/α-hetero) is 1. The molecule has 0 aromatic carbocycles. The molecule has 1 aromatic rings. The standard InChI is InChI=1S/C16H23N3O3/c1-11-13(12(2)18-17-11)4-5-15(21)19-8-7-16(14(20)10-19)6-3-9-22-16/h3-10H2,1-2H3,(H,17,18). The van der Waals surface area contributed by atoms with E-state index in [1.807, 2.05) is 13.8 Å². The largest absolute Gasteiger partial charge is 0.367 e. The van der Waals surface area contributed by atoms with Crippen LogP contribution in [0.3, 0.4) is 0 Å². The van der Waals surface area contributed by atoms with Gasteiger partial charge in [-0.15, -0.1) is 0 Å². The second-order valence-corrected chi connectivity index (χ2v) is 6.35. The van der Waals surface area contributed by atoms with Gasteiger partial charge in [-0.25, -0.2) is 0 Å². The Morgan fingerprint density at radius 2 is 2.23 bits per heavy atom. The van der Waals surface area contributed by atoms with E-state index in [0.29, 0.717) is 32.4 Å². The Morgan fingerprint density at radius 3 is 2.82 bits per heavy atom. The Labute approximate surface area is 130 Å². The van der Waals surface area contributed by atoms with E-state index in [-0.39, 0.29) is 18.2 Å². The SMILES string of the molecule is Cc1n[nH]c(C)c1CCC(=O)N1CCC2(CCCO2)C(=O)C1. The fourth-order valence-corrected chi connectivity index (χ4v) is 3.51. The summed E-state index contributed by atoms with van der Waals surface area (Å²) in [4.78, 5) is 26.4. The zero-order valence-electron chi connectivity index (χ0n) is 13.3. The number of hydrogen-bond acceptors (Lipinski definition) is 4. The molecule has 22 heavy (non-hydrogen) atoms. The number of H-pyrrole nitrogens is 1. The number of carbonyl (C=O) groups excluding carboxylic acids is 2. The van der Waals surface area contributed by atoms with Crippen molar-refractivity contribution in [2.45, 2.75) is 51.6 Å². The zero-order chi connectivity index (χ0) is 15.7. The van der Waals surface area contributed by atoms with Crippen LogP contribution >= 0.6 is 0 Å². The number of nitrogens with zero attached hydrogens (tertiary/aromatic N) is 2. The van der Waals surface area contributed by atoms with Crippen molar-refractivity contribution in [3.63, 3.8) is 0 Å². The maximum Gasteiger partial charge on any atom is 0.223 e. The molecular weight excluding hydrogens is 282 g/mol. The maximum absolute atomic E-state index is 12.4. The second-order valence-electron chi connectivity index (χ2n) is 6.35. The number of ketones is 1. The smallest absolute Gasteiger partial charge is 0.223 e. The Morgan fingerprint density at radius 1 is 1.41 bits per heavy atom. The van der Waals surface area contributed by atoms with Gasteiger partial charge < -0.3 is 9.64 Å². The molecule has 1 N–H and O–H groups in total. The van der Waals surface area contributed by atoms with Crippen LogP contribution in [0.1, 0.15) is 42.6 Å². The molecule has 1 aromatic heterocycles. The van der Waals surface area contributed by atoms with Crippen LogP contribution in [0.25, 0.3) is 0 Å². The van der Waals surface area contributed by atoms with Crippen LogP contribution in [-0.4, -0.2) is 52.1 Å². The first-order chi connectivity index (χ1) is 10.5. The van der Waals surface area contributed by atoms with Crippen LogP contribution in [0.15, 0.2) is 0 Å². The summed E-state index contributed by atoms with van der Waals surface area (Å²) < 4.78 is 5.67. The fourth-order valence-electron chi connectivity index (χ4n) is 3.51. The van der Waals surface area contributed by atoms with E-state index in [0.717, 1.165) is 29.8 Å². The molecular formula is C16H23N3O3. The van der Waals surface area contributed by atoms with Crippen LogP contribution < -0.4 is 0 Å². The molecule has 1 unspecified atom stereocenters. The first-order valence-corrected chi connectivity index (χ1v) is 7.97. The number of aryl methyl sites for hydroxylation is 2. The van der Waals surface area contributed by atoms with Gasteiger partial charge in [-0.3, -0.25) is 14.7 Å². The van der Waals surface area contributed by atoms with Gasteiger partial charge in [0.25, 0.3) is 0 Å². The number of likely N-dealkylation sites (tertiary alicyclic amines) is 1. The van der Waals surface area contributed by atoms with Gasteiger partial charge in [-0.1, -0.05) is 0 Å². The van der Waals surface area contributed by atoms with Crippen molar-refractivity contribution in [3.8, 4) is 0 Å². The third-order valence-electron chi connectivity index (χ3n) is 4.95. The highest BCUT2D eigenvalue weighted by atomic mass is 16.5. The van der Waals surface area contributed by atoms with Crippen molar-refractivity contribution in [2.24, 2.45) is 0 Å². The molecule has 120 valence electrons. The maximum atomic E-state index is 12.4. The second kappa shape index (κ2) is 5.83. The number of amides is 1. The van der Waals surface area contributed by atoms with Crippen molar-refractivity contribution >= 4 is 11.7 Å². The Bertz CT molecular complexity index is 568. The summed E-state index contributed by atoms with van der Waals surface area (Å²) in [5.74, 6) is 0.112. The van der Waals surface area contributed by atoms with Crippen LogP contribution in [0.2, 0.25) is 0 Å². The van der Waals surface area contributed by atoms with E-state index < -0.39 is 5.60 Å². The molecule has 2 aliphatic heterocycles. The Hall–Kier alpha value is -1.69. The molecule has 0 saturated carbocycles. The minimum absolute atomic E-state index is 0.0428. The molecule has 1 atom stereocenters. The molecule has 6 heteroatoms. The van der Waals surface area contributed by atoms with Crippen LogP contribution in [0.5, 0.6) is 0 Å². The van der Waals surface area contributed by atoms with Crippen LogP contribution in [0, 0.1) is 13.8 Å². The van der Waals surface area contributed by atoms with Gasteiger partial charge in [-0.2, -0.15) is 5.10 Å². The van der Waals surface area contributed by atoms with Gasteiger partial charge in [0.05, 0.1) is 12.2 Å². The van der Waals surface area contributed by atoms with E-state index >= 15 is 0 Å². The first-order valence-electron chi connectivity index (χ1n) is 7.97. The van der Waals surface area contributed by atoms with Crippen molar-refractivity contribution in [1.29, 1.82) is 0 Å². The van der Waals surface area contributed by atoms with Crippen molar-refractivity contribution < 1.29 is 14.3 Å². The van der Waals surface area contributed by atoms with Gasteiger partial charge in [0.2, 0.25) is 5.91 Å². The van der Waals surface area contributed by atoms with Crippen molar-refractivity contribution in [2.75, 3.05) is 19.7 Å². The molecule has 3 rings (SSSR count). The number of hydrogen-bond donors (Lipinski definition) is 1. The summed E-state index contributed by atoms with van der Waals surface area (Å²) in [6.07, 6.45) is 3.48. The topological polar surface area (TPSA) is 75.3 Å². The molecule has 2 saturated heterocycles. The molecule has 3 heterocycles. The normalized spacial score (nSPS) is 25.2. The van der Waals surface area contributed by atoms with Crippen molar-refractivity contribution in [1.82, 2.24) is 15.1 Å². The highest BCUT2D eigenvalue weighted by Gasteiger charge is 2.46. The number of nitrogens with one attached hydrogen (secondary N) is 1. The number of aromatic amines is 1. The Kier molecular flexibility index (Phi) is 4.04. The summed E-state index contributed by atoms with van der Waals surface area (Å²) >= 11 is 0. The highest BCUT2D eigenvalue weighted by molar-refractivity contribution is 5.93. The molecule has 1 amide bonds. The third-order valence-corrected chi connectivity index (χ3v) is 4.95. The summed E-state index contributed by atoms with van der Waals surface area (Å²) in [6, 6.07) is 0. The van der Waals surface area contributed by atoms with Crippen LogP contribution in [0.4, 0.5) is 0 Å². The number of carbonyl (C=O) groups is 2. The number of rotatable bonds is 3. The Balaban J connectivity index is 1.57. The monoisotopic (exact) mass is 305 g/mol.